The van der Waals surface area contributed by atoms with Crippen molar-refractivity contribution in [2.75, 3.05) is 18.0 Å². The van der Waals surface area contributed by atoms with Gasteiger partial charge >= 0.3 is 0 Å². The van der Waals surface area contributed by atoms with Crippen LogP contribution in [0.1, 0.15) is 25.5 Å². The van der Waals surface area contributed by atoms with Gasteiger partial charge in [-0.15, -0.1) is 0 Å². The van der Waals surface area contributed by atoms with Gasteiger partial charge in [-0.3, -0.25) is 0 Å². The molecule has 1 aliphatic rings. The maximum Gasteiger partial charge on any atom is 0.132 e. The molecule has 2 heterocycles. The van der Waals surface area contributed by atoms with Crippen LogP contribution in [0.3, 0.4) is 0 Å². The Bertz CT molecular complexity index is 347. The zero-order chi connectivity index (χ0) is 10.9. The predicted octanol–water partition coefficient (Wildman–Crippen LogP) is 1.14. The third kappa shape index (κ3) is 2.09. The van der Waals surface area contributed by atoms with Crippen molar-refractivity contribution in [3.05, 3.63) is 18.1 Å². The van der Waals surface area contributed by atoms with Crippen LogP contribution in [0.15, 0.2) is 12.4 Å². The van der Waals surface area contributed by atoms with E-state index in [-0.39, 0.29) is 0 Å². The highest BCUT2D eigenvalue weighted by Gasteiger charge is 2.40. The van der Waals surface area contributed by atoms with Crippen molar-refractivity contribution in [3.63, 3.8) is 0 Å². The van der Waals surface area contributed by atoms with Crippen molar-refractivity contribution in [3.8, 4) is 0 Å². The van der Waals surface area contributed by atoms with Crippen LogP contribution < -0.4 is 4.90 Å². The molecule has 15 heavy (non-hydrogen) atoms. The van der Waals surface area contributed by atoms with Gasteiger partial charge in [0.15, 0.2) is 0 Å². The molecule has 0 saturated carbocycles. The quantitative estimate of drug-likeness (QED) is 0.807. The van der Waals surface area contributed by atoms with E-state index in [9.17, 15) is 5.11 Å². The van der Waals surface area contributed by atoms with E-state index in [1.807, 2.05) is 13.0 Å². The first-order chi connectivity index (χ1) is 7.13. The standard InChI is InChI=1S/C11H17N3O/c1-3-4-11(15)6-14(7-11)10-5-9(2)12-8-13-10/h5,8,15H,3-4,6-7H2,1-2H3. The molecule has 1 aliphatic heterocycles. The van der Waals surface area contributed by atoms with E-state index in [1.54, 1.807) is 6.33 Å². The molecule has 4 nitrogen and oxygen atoms in total. The van der Waals surface area contributed by atoms with Crippen molar-refractivity contribution in [1.82, 2.24) is 9.97 Å². The minimum atomic E-state index is -0.492. The van der Waals surface area contributed by atoms with Crippen molar-refractivity contribution in [1.29, 1.82) is 0 Å². The number of aliphatic hydroxyl groups is 1. The normalized spacial score (nSPS) is 18.7. The summed E-state index contributed by atoms with van der Waals surface area (Å²) in [5, 5.41) is 10.0. The molecule has 1 N–H and O–H groups in total. The maximum absolute atomic E-state index is 10.0. The number of hydrogen-bond acceptors (Lipinski definition) is 4. The van der Waals surface area contributed by atoms with Gasteiger partial charge in [0.2, 0.25) is 0 Å². The van der Waals surface area contributed by atoms with Gasteiger partial charge in [-0.1, -0.05) is 13.3 Å². The van der Waals surface area contributed by atoms with Crippen LogP contribution in [0.5, 0.6) is 0 Å². The average Bonchev–Trinajstić information content (AvgIpc) is 2.14. The van der Waals surface area contributed by atoms with Crippen LogP contribution in [-0.2, 0) is 0 Å². The lowest BCUT2D eigenvalue weighted by Gasteiger charge is -2.47. The lowest BCUT2D eigenvalue weighted by Crippen LogP contribution is -2.62. The molecule has 2 rings (SSSR count). The summed E-state index contributed by atoms with van der Waals surface area (Å²) in [7, 11) is 0. The Hall–Kier alpha value is -1.16. The summed E-state index contributed by atoms with van der Waals surface area (Å²) in [6.45, 7) is 5.42. The van der Waals surface area contributed by atoms with Crippen LogP contribution in [-0.4, -0.2) is 33.8 Å². The van der Waals surface area contributed by atoms with Gasteiger partial charge in [-0.05, 0) is 13.3 Å². The van der Waals surface area contributed by atoms with E-state index < -0.39 is 5.60 Å². The topological polar surface area (TPSA) is 49.2 Å². The van der Waals surface area contributed by atoms with E-state index in [4.69, 9.17) is 0 Å². The molecule has 0 aromatic carbocycles. The minimum Gasteiger partial charge on any atom is -0.386 e. The summed E-state index contributed by atoms with van der Waals surface area (Å²) in [5.74, 6) is 0.920. The molecule has 0 spiro atoms. The molecule has 0 amide bonds. The molecule has 4 heteroatoms. The van der Waals surface area contributed by atoms with Gasteiger partial charge in [0.05, 0.1) is 5.60 Å². The van der Waals surface area contributed by atoms with Gasteiger partial charge in [0, 0.05) is 24.8 Å². The molecule has 82 valence electrons. The highest BCUT2D eigenvalue weighted by Crippen LogP contribution is 2.29. The monoisotopic (exact) mass is 207 g/mol. The van der Waals surface area contributed by atoms with Gasteiger partial charge < -0.3 is 10.0 Å². The summed E-state index contributed by atoms with van der Waals surface area (Å²) in [4.78, 5) is 10.3. The maximum atomic E-state index is 10.0. The molecule has 1 aromatic heterocycles. The summed E-state index contributed by atoms with van der Waals surface area (Å²) in [5.41, 5.74) is 0.471. The molecule has 0 unspecified atom stereocenters. The molecule has 0 atom stereocenters. The molecular weight excluding hydrogens is 190 g/mol. The molecule has 1 saturated heterocycles. The van der Waals surface area contributed by atoms with E-state index in [0.717, 1.165) is 24.4 Å². The zero-order valence-electron chi connectivity index (χ0n) is 9.27. The van der Waals surface area contributed by atoms with Crippen LogP contribution >= 0.6 is 0 Å². The largest absolute Gasteiger partial charge is 0.386 e. The second kappa shape index (κ2) is 3.77. The number of β-amino-alcohol motifs (C(OH)–C–C–N with tert-alkyl or cyclic N) is 1. The Morgan fingerprint density at radius 1 is 1.47 bits per heavy atom. The fourth-order valence-electron chi connectivity index (χ4n) is 2.06. The van der Waals surface area contributed by atoms with Crippen LogP contribution in [0, 0.1) is 6.92 Å². The number of hydrogen-bond donors (Lipinski definition) is 1. The zero-order valence-corrected chi connectivity index (χ0v) is 9.27. The van der Waals surface area contributed by atoms with Gasteiger partial charge in [0.25, 0.3) is 0 Å². The second-order valence-electron chi connectivity index (χ2n) is 4.35. The lowest BCUT2D eigenvalue weighted by atomic mass is 9.89. The summed E-state index contributed by atoms with van der Waals surface area (Å²) < 4.78 is 0. The fraction of sp³-hybridized carbons (Fsp3) is 0.636. The van der Waals surface area contributed by atoms with Crippen molar-refractivity contribution in [2.24, 2.45) is 0 Å². The molecule has 1 aromatic rings. The SMILES string of the molecule is CCCC1(O)CN(c2cc(C)ncn2)C1. The molecule has 0 aliphatic carbocycles. The van der Waals surface area contributed by atoms with E-state index >= 15 is 0 Å². The van der Waals surface area contributed by atoms with Crippen molar-refractivity contribution in [2.45, 2.75) is 32.3 Å². The Morgan fingerprint density at radius 2 is 2.20 bits per heavy atom. The Labute approximate surface area is 90.0 Å². The fourth-order valence-corrected chi connectivity index (χ4v) is 2.06. The highest BCUT2D eigenvalue weighted by molar-refractivity contribution is 5.43. The first-order valence-corrected chi connectivity index (χ1v) is 5.39. The Kier molecular flexibility index (Phi) is 2.61. The summed E-state index contributed by atoms with van der Waals surface area (Å²) in [6, 6.07) is 1.95. The van der Waals surface area contributed by atoms with Gasteiger partial charge in [0.1, 0.15) is 12.1 Å². The Balaban J connectivity index is 2.00. The van der Waals surface area contributed by atoms with Gasteiger partial charge in [-0.2, -0.15) is 0 Å². The third-order valence-electron chi connectivity index (χ3n) is 2.80. The number of rotatable bonds is 3. The van der Waals surface area contributed by atoms with Crippen LogP contribution in [0.2, 0.25) is 0 Å². The number of nitrogens with zero attached hydrogens (tertiary/aromatic N) is 3. The Morgan fingerprint density at radius 3 is 2.80 bits per heavy atom. The first kappa shape index (κ1) is 10.4. The van der Waals surface area contributed by atoms with Gasteiger partial charge in [-0.25, -0.2) is 9.97 Å². The number of aryl methyl sites for hydroxylation is 1. The predicted molar refractivity (Wildman–Crippen MR) is 58.8 cm³/mol. The number of aromatic nitrogens is 2. The summed E-state index contributed by atoms with van der Waals surface area (Å²) >= 11 is 0. The first-order valence-electron chi connectivity index (χ1n) is 5.39. The van der Waals surface area contributed by atoms with E-state index in [0.29, 0.717) is 13.1 Å². The third-order valence-corrected chi connectivity index (χ3v) is 2.80. The second-order valence-corrected chi connectivity index (χ2v) is 4.35. The smallest absolute Gasteiger partial charge is 0.132 e. The molecule has 0 radical (unpaired) electrons. The number of anilines is 1. The molecule has 0 bridgehead atoms. The molecule has 1 fully saturated rings. The van der Waals surface area contributed by atoms with Crippen molar-refractivity contribution < 1.29 is 5.11 Å². The minimum absolute atomic E-state index is 0.492. The average molecular weight is 207 g/mol. The molecular formula is C11H17N3O. The highest BCUT2D eigenvalue weighted by atomic mass is 16.3. The van der Waals surface area contributed by atoms with E-state index in [1.165, 1.54) is 0 Å². The summed E-state index contributed by atoms with van der Waals surface area (Å²) in [6.07, 6.45) is 3.46. The van der Waals surface area contributed by atoms with E-state index in [2.05, 4.69) is 21.8 Å². The van der Waals surface area contributed by atoms with Crippen LogP contribution in [0.25, 0.3) is 0 Å². The lowest BCUT2D eigenvalue weighted by molar-refractivity contribution is 0.00292. The van der Waals surface area contributed by atoms with Crippen molar-refractivity contribution >= 4 is 5.82 Å². The van der Waals surface area contributed by atoms with Crippen LogP contribution in [0.4, 0.5) is 5.82 Å².